The average Bonchev–Trinajstić information content (AvgIpc) is 3.07. The number of aryl methyl sites for hydroxylation is 2. The van der Waals surface area contributed by atoms with E-state index in [1.165, 1.54) is 18.4 Å². The minimum absolute atomic E-state index is 0.0788. The van der Waals surface area contributed by atoms with Gasteiger partial charge in [0.15, 0.2) is 0 Å². The number of anilines is 1. The van der Waals surface area contributed by atoms with Gasteiger partial charge in [-0.05, 0) is 44.0 Å². The SMILES string of the molecule is COC(=O)C(C)c1ccc(CN(C(=O)CCl)c2c(C)cccc2C)s1. The van der Waals surface area contributed by atoms with Gasteiger partial charge < -0.3 is 9.64 Å². The average molecular weight is 380 g/mol. The molecule has 2 rings (SSSR count). The van der Waals surface area contributed by atoms with E-state index in [9.17, 15) is 9.59 Å². The smallest absolute Gasteiger partial charge is 0.313 e. The summed E-state index contributed by atoms with van der Waals surface area (Å²) in [6, 6.07) is 9.79. The normalized spacial score (nSPS) is 11.9. The molecule has 1 unspecified atom stereocenters. The molecule has 0 aliphatic rings. The minimum Gasteiger partial charge on any atom is -0.469 e. The van der Waals surface area contributed by atoms with Gasteiger partial charge in [0.25, 0.3) is 0 Å². The second kappa shape index (κ2) is 8.50. The number of carbonyl (C=O) groups excluding carboxylic acids is 2. The number of rotatable bonds is 6. The van der Waals surface area contributed by atoms with Crippen LogP contribution in [0.1, 0.15) is 33.7 Å². The van der Waals surface area contributed by atoms with Crippen molar-refractivity contribution in [3.05, 3.63) is 51.2 Å². The van der Waals surface area contributed by atoms with E-state index in [0.717, 1.165) is 26.6 Å². The Bertz CT molecular complexity index is 752. The van der Waals surface area contributed by atoms with Crippen LogP contribution < -0.4 is 4.90 Å². The highest BCUT2D eigenvalue weighted by Crippen LogP contribution is 2.30. The monoisotopic (exact) mass is 379 g/mol. The first-order chi connectivity index (χ1) is 11.9. The summed E-state index contributed by atoms with van der Waals surface area (Å²) in [6.07, 6.45) is 0. The van der Waals surface area contributed by atoms with E-state index in [1.807, 2.05) is 51.1 Å². The highest BCUT2D eigenvalue weighted by atomic mass is 35.5. The number of para-hydroxylation sites is 1. The third-order valence-corrected chi connectivity index (χ3v) is 5.58. The van der Waals surface area contributed by atoms with Gasteiger partial charge in [0.05, 0.1) is 19.6 Å². The van der Waals surface area contributed by atoms with Gasteiger partial charge in [0.1, 0.15) is 5.88 Å². The molecule has 0 aliphatic carbocycles. The standard InChI is InChI=1S/C19H22ClNO3S/c1-12-6-5-7-13(2)18(12)21(17(22)10-20)11-15-8-9-16(25-15)14(3)19(23)24-4/h5-9,14H,10-11H2,1-4H3. The van der Waals surface area contributed by atoms with Gasteiger partial charge in [0.2, 0.25) is 5.91 Å². The first kappa shape index (κ1) is 19.5. The Kier molecular flexibility index (Phi) is 6.62. The number of esters is 1. The minimum atomic E-state index is -0.318. The van der Waals surface area contributed by atoms with E-state index in [-0.39, 0.29) is 23.7 Å². The molecule has 1 aromatic carbocycles. The zero-order valence-electron chi connectivity index (χ0n) is 14.8. The summed E-state index contributed by atoms with van der Waals surface area (Å²) < 4.78 is 4.80. The number of thiophene rings is 1. The van der Waals surface area contributed by atoms with Gasteiger partial charge in [-0.2, -0.15) is 0 Å². The number of benzene rings is 1. The molecule has 134 valence electrons. The second-order valence-corrected chi connectivity index (χ2v) is 7.37. The third-order valence-electron chi connectivity index (χ3n) is 4.10. The Morgan fingerprint density at radius 2 is 1.84 bits per heavy atom. The number of halogens is 1. The molecule has 1 atom stereocenters. The van der Waals surface area contributed by atoms with Crippen LogP contribution in [0.15, 0.2) is 30.3 Å². The van der Waals surface area contributed by atoms with Gasteiger partial charge in [0, 0.05) is 15.4 Å². The predicted molar refractivity (Wildman–Crippen MR) is 103 cm³/mol. The van der Waals surface area contributed by atoms with Crippen LogP contribution in [0.5, 0.6) is 0 Å². The van der Waals surface area contributed by atoms with Crippen LogP contribution in [0.2, 0.25) is 0 Å². The summed E-state index contributed by atoms with van der Waals surface area (Å²) in [5, 5.41) is 0. The lowest BCUT2D eigenvalue weighted by Crippen LogP contribution is -2.32. The molecule has 0 saturated carbocycles. The van der Waals surface area contributed by atoms with Crippen LogP contribution in [-0.2, 0) is 20.9 Å². The maximum Gasteiger partial charge on any atom is 0.313 e. The maximum absolute atomic E-state index is 12.4. The molecule has 25 heavy (non-hydrogen) atoms. The molecule has 0 aliphatic heterocycles. The van der Waals surface area contributed by atoms with Crippen LogP contribution in [0.3, 0.4) is 0 Å². The van der Waals surface area contributed by atoms with E-state index in [4.69, 9.17) is 16.3 Å². The quantitative estimate of drug-likeness (QED) is 0.551. The maximum atomic E-state index is 12.4. The Hall–Kier alpha value is -1.85. The third kappa shape index (κ3) is 4.41. The lowest BCUT2D eigenvalue weighted by atomic mass is 10.1. The summed E-state index contributed by atoms with van der Waals surface area (Å²) in [6.45, 7) is 6.20. The summed E-state index contributed by atoms with van der Waals surface area (Å²) >= 11 is 7.34. The molecule has 2 aromatic rings. The molecular formula is C19H22ClNO3S. The van der Waals surface area contributed by atoms with E-state index < -0.39 is 0 Å². The number of ether oxygens (including phenoxy) is 1. The lowest BCUT2D eigenvalue weighted by Gasteiger charge is -2.25. The molecular weight excluding hydrogens is 358 g/mol. The summed E-state index contributed by atoms with van der Waals surface area (Å²) in [5.41, 5.74) is 2.94. The number of hydrogen-bond donors (Lipinski definition) is 0. The highest BCUT2D eigenvalue weighted by Gasteiger charge is 2.22. The molecule has 1 heterocycles. The van der Waals surface area contributed by atoms with Crippen LogP contribution >= 0.6 is 22.9 Å². The second-order valence-electron chi connectivity index (χ2n) is 5.90. The van der Waals surface area contributed by atoms with Crippen LogP contribution in [0, 0.1) is 13.8 Å². The van der Waals surface area contributed by atoms with Crippen molar-refractivity contribution in [2.24, 2.45) is 0 Å². The molecule has 0 fully saturated rings. The molecule has 0 radical (unpaired) electrons. The van der Waals surface area contributed by atoms with Crippen molar-refractivity contribution in [3.63, 3.8) is 0 Å². The van der Waals surface area contributed by atoms with Crippen LogP contribution in [-0.4, -0.2) is 24.9 Å². The van der Waals surface area contributed by atoms with Gasteiger partial charge in [-0.3, -0.25) is 9.59 Å². The summed E-state index contributed by atoms with van der Waals surface area (Å²) in [4.78, 5) is 27.8. The van der Waals surface area contributed by atoms with Crippen molar-refractivity contribution in [2.45, 2.75) is 33.2 Å². The number of alkyl halides is 1. The van der Waals surface area contributed by atoms with Crippen molar-refractivity contribution < 1.29 is 14.3 Å². The molecule has 4 nitrogen and oxygen atoms in total. The Morgan fingerprint density at radius 1 is 1.20 bits per heavy atom. The van der Waals surface area contributed by atoms with E-state index >= 15 is 0 Å². The molecule has 1 aromatic heterocycles. The molecule has 0 spiro atoms. The van der Waals surface area contributed by atoms with E-state index in [1.54, 1.807) is 4.90 Å². The van der Waals surface area contributed by atoms with Gasteiger partial charge in [-0.1, -0.05) is 18.2 Å². The fourth-order valence-corrected chi connectivity index (χ4v) is 3.94. The fraction of sp³-hybridized carbons (Fsp3) is 0.368. The highest BCUT2D eigenvalue weighted by molar-refractivity contribution is 7.12. The largest absolute Gasteiger partial charge is 0.469 e. The van der Waals surface area contributed by atoms with E-state index in [0.29, 0.717) is 6.54 Å². The molecule has 0 saturated heterocycles. The fourth-order valence-electron chi connectivity index (χ4n) is 2.76. The zero-order valence-corrected chi connectivity index (χ0v) is 16.4. The molecule has 6 heteroatoms. The van der Waals surface area contributed by atoms with Crippen LogP contribution in [0.25, 0.3) is 0 Å². The predicted octanol–water partition coefficient (Wildman–Crippen LogP) is 4.41. The Morgan fingerprint density at radius 3 is 2.40 bits per heavy atom. The molecule has 0 bridgehead atoms. The van der Waals surface area contributed by atoms with Crippen molar-refractivity contribution in [3.8, 4) is 0 Å². The molecule has 0 N–H and O–H groups in total. The topological polar surface area (TPSA) is 46.6 Å². The first-order valence-corrected chi connectivity index (χ1v) is 9.33. The number of nitrogens with zero attached hydrogens (tertiary/aromatic N) is 1. The van der Waals surface area contributed by atoms with E-state index in [2.05, 4.69) is 0 Å². The number of amides is 1. The van der Waals surface area contributed by atoms with Crippen molar-refractivity contribution in [1.29, 1.82) is 0 Å². The number of hydrogen-bond acceptors (Lipinski definition) is 4. The van der Waals surface area contributed by atoms with Gasteiger partial charge >= 0.3 is 5.97 Å². The van der Waals surface area contributed by atoms with Crippen molar-refractivity contribution in [2.75, 3.05) is 17.9 Å². The zero-order chi connectivity index (χ0) is 18.6. The first-order valence-electron chi connectivity index (χ1n) is 7.98. The number of carbonyl (C=O) groups is 2. The Labute approximate surface area is 157 Å². The Balaban J connectivity index is 2.32. The lowest BCUT2D eigenvalue weighted by molar-refractivity contribution is -0.141. The van der Waals surface area contributed by atoms with Crippen molar-refractivity contribution in [1.82, 2.24) is 0 Å². The summed E-state index contributed by atoms with van der Waals surface area (Å²) in [7, 11) is 1.38. The van der Waals surface area contributed by atoms with Crippen molar-refractivity contribution >= 4 is 40.5 Å². The van der Waals surface area contributed by atoms with Crippen LogP contribution in [0.4, 0.5) is 5.69 Å². The summed E-state index contributed by atoms with van der Waals surface area (Å²) in [5.74, 6) is -0.808. The molecule has 1 amide bonds. The van der Waals surface area contributed by atoms with Gasteiger partial charge in [-0.15, -0.1) is 22.9 Å². The van der Waals surface area contributed by atoms with Gasteiger partial charge in [-0.25, -0.2) is 0 Å². The number of methoxy groups -OCH3 is 1.